The van der Waals surface area contributed by atoms with E-state index in [9.17, 15) is 5.26 Å². The number of benzene rings is 11. The van der Waals surface area contributed by atoms with Gasteiger partial charge < -0.3 is 4.57 Å². The normalized spacial score (nSPS) is 12.0. The van der Waals surface area contributed by atoms with Gasteiger partial charge in [0, 0.05) is 21.8 Å². The van der Waals surface area contributed by atoms with Crippen molar-refractivity contribution in [3.8, 4) is 45.1 Å². The molecule has 12 aromatic rings. The number of para-hydroxylation sites is 1. The summed E-state index contributed by atoms with van der Waals surface area (Å²) in [4.78, 5) is 0. The van der Waals surface area contributed by atoms with Crippen molar-refractivity contribution in [3.05, 3.63) is 188 Å². The molecule has 0 amide bonds. The highest BCUT2D eigenvalue weighted by Crippen LogP contribution is 2.45. The average Bonchev–Trinajstić information content (AvgIpc) is 3.59. The summed E-state index contributed by atoms with van der Waals surface area (Å²) in [5.74, 6) is 0. The highest BCUT2D eigenvalue weighted by molar-refractivity contribution is 6.28. The van der Waals surface area contributed by atoms with E-state index in [4.69, 9.17) is 0 Å². The molecule has 12 rings (SSSR count). The third-order valence-electron chi connectivity index (χ3n) is 11.9. The van der Waals surface area contributed by atoms with Crippen LogP contribution in [0.1, 0.15) is 5.56 Å². The van der Waals surface area contributed by atoms with Crippen LogP contribution < -0.4 is 0 Å². The number of hydrogen-bond donors (Lipinski definition) is 0. The molecule has 0 unspecified atom stereocenters. The number of nitriles is 1. The highest BCUT2D eigenvalue weighted by atomic mass is 15.0. The molecule has 0 N–H and O–H groups in total. The first-order chi connectivity index (χ1) is 27.2. The van der Waals surface area contributed by atoms with Gasteiger partial charge in [-0.15, -0.1) is 0 Å². The van der Waals surface area contributed by atoms with Crippen molar-refractivity contribution in [1.29, 1.82) is 5.26 Å². The second-order valence-electron chi connectivity index (χ2n) is 14.8. The fourth-order valence-corrected chi connectivity index (χ4v) is 9.41. The van der Waals surface area contributed by atoms with Crippen LogP contribution in [0.5, 0.6) is 0 Å². The molecular formula is C53H30N2. The molecule has 0 saturated carbocycles. The van der Waals surface area contributed by atoms with E-state index in [-0.39, 0.29) is 0 Å². The molecule has 0 bridgehead atoms. The maximum Gasteiger partial charge on any atom is 0.0998 e. The van der Waals surface area contributed by atoms with E-state index in [1.165, 1.54) is 81.7 Å². The van der Waals surface area contributed by atoms with E-state index in [1.54, 1.807) is 0 Å². The first kappa shape index (κ1) is 30.0. The Labute approximate surface area is 317 Å². The quantitative estimate of drug-likeness (QED) is 0.169. The molecule has 0 saturated heterocycles. The molecule has 0 aliphatic carbocycles. The maximum absolute atomic E-state index is 9.99. The minimum absolute atomic E-state index is 0.705. The standard InChI is InChI=1S/C53H30N2/c54-31-40-20-26-48-53-45(40)23-19-39-29-41(30-49(52(39)53)55(48)42-11-2-1-3-12-42)36-9-6-10-37(28-36)43-21-15-33-18-25-47-44(22-16-34-17-24-46(43)50(33)51(34)47)38-14-13-32-7-4-5-8-35(32)27-38/h1-30H. The Morgan fingerprint density at radius 2 is 0.964 bits per heavy atom. The van der Waals surface area contributed by atoms with E-state index >= 15 is 0 Å². The largest absolute Gasteiger partial charge is 0.309 e. The van der Waals surface area contributed by atoms with Crippen LogP contribution in [0.3, 0.4) is 0 Å². The van der Waals surface area contributed by atoms with Crippen LogP contribution in [0.25, 0.3) is 115 Å². The molecule has 0 aliphatic rings. The van der Waals surface area contributed by atoms with Crippen LogP contribution in [0.2, 0.25) is 0 Å². The Kier molecular flexibility index (Phi) is 6.15. The van der Waals surface area contributed by atoms with Crippen LogP contribution in [-0.4, -0.2) is 4.57 Å². The monoisotopic (exact) mass is 694 g/mol. The van der Waals surface area contributed by atoms with Crippen molar-refractivity contribution in [1.82, 2.24) is 4.57 Å². The van der Waals surface area contributed by atoms with E-state index in [1.807, 2.05) is 6.07 Å². The lowest BCUT2D eigenvalue weighted by Crippen LogP contribution is -1.93. The van der Waals surface area contributed by atoms with Gasteiger partial charge in [-0.05, 0) is 130 Å². The lowest BCUT2D eigenvalue weighted by molar-refractivity contribution is 1.18. The molecule has 55 heavy (non-hydrogen) atoms. The van der Waals surface area contributed by atoms with Gasteiger partial charge in [0.15, 0.2) is 0 Å². The van der Waals surface area contributed by atoms with Gasteiger partial charge in [0.25, 0.3) is 0 Å². The summed E-state index contributed by atoms with van der Waals surface area (Å²) in [7, 11) is 0. The minimum Gasteiger partial charge on any atom is -0.309 e. The van der Waals surface area contributed by atoms with Gasteiger partial charge in [0.05, 0.1) is 22.7 Å². The zero-order valence-electron chi connectivity index (χ0n) is 29.7. The number of nitrogens with zero attached hydrogens (tertiary/aromatic N) is 2. The van der Waals surface area contributed by atoms with Crippen molar-refractivity contribution < 1.29 is 0 Å². The van der Waals surface area contributed by atoms with Gasteiger partial charge in [-0.2, -0.15) is 5.26 Å². The Morgan fingerprint density at radius 1 is 0.345 bits per heavy atom. The molecule has 0 spiro atoms. The van der Waals surface area contributed by atoms with Crippen LogP contribution in [-0.2, 0) is 0 Å². The van der Waals surface area contributed by atoms with E-state index < -0.39 is 0 Å². The molecule has 0 aliphatic heterocycles. The lowest BCUT2D eigenvalue weighted by Gasteiger charge is -2.17. The zero-order valence-corrected chi connectivity index (χ0v) is 29.7. The third kappa shape index (κ3) is 4.30. The molecule has 11 aromatic carbocycles. The summed E-state index contributed by atoms with van der Waals surface area (Å²) in [6.45, 7) is 0. The second-order valence-corrected chi connectivity index (χ2v) is 14.8. The molecule has 2 heteroatoms. The minimum atomic E-state index is 0.705. The molecule has 0 fully saturated rings. The van der Waals surface area contributed by atoms with Crippen molar-refractivity contribution in [3.63, 3.8) is 0 Å². The average molecular weight is 695 g/mol. The van der Waals surface area contributed by atoms with E-state index in [0.29, 0.717) is 5.56 Å². The third-order valence-corrected chi connectivity index (χ3v) is 11.9. The number of rotatable bonds is 4. The van der Waals surface area contributed by atoms with Crippen molar-refractivity contribution in [2.24, 2.45) is 0 Å². The molecule has 1 aromatic heterocycles. The lowest BCUT2D eigenvalue weighted by atomic mass is 9.86. The molecule has 0 atom stereocenters. The predicted octanol–water partition coefficient (Wildman–Crippen LogP) is 14.3. The Bertz CT molecular complexity index is 3540. The summed E-state index contributed by atoms with van der Waals surface area (Å²) in [6, 6.07) is 68.8. The first-order valence-electron chi connectivity index (χ1n) is 18.8. The molecule has 1 heterocycles. The fraction of sp³-hybridized carbons (Fsp3) is 0. The Balaban J connectivity index is 1.05. The summed E-state index contributed by atoms with van der Waals surface area (Å²) in [6.07, 6.45) is 0. The summed E-state index contributed by atoms with van der Waals surface area (Å²) < 4.78 is 2.35. The van der Waals surface area contributed by atoms with Gasteiger partial charge in [0.2, 0.25) is 0 Å². The summed E-state index contributed by atoms with van der Waals surface area (Å²) in [5.41, 5.74) is 11.3. The number of fused-ring (bicyclic) bond motifs is 1. The van der Waals surface area contributed by atoms with Gasteiger partial charge in [-0.25, -0.2) is 0 Å². The van der Waals surface area contributed by atoms with Crippen LogP contribution in [0.15, 0.2) is 182 Å². The van der Waals surface area contributed by atoms with Crippen LogP contribution in [0, 0.1) is 11.3 Å². The highest BCUT2D eigenvalue weighted by Gasteiger charge is 2.20. The fourth-order valence-electron chi connectivity index (χ4n) is 9.41. The van der Waals surface area contributed by atoms with Gasteiger partial charge in [-0.3, -0.25) is 0 Å². The molecule has 0 radical (unpaired) electrons. The van der Waals surface area contributed by atoms with E-state index in [0.717, 1.165) is 33.1 Å². The topological polar surface area (TPSA) is 28.7 Å². The molecule has 252 valence electrons. The van der Waals surface area contributed by atoms with Crippen molar-refractivity contribution >= 4 is 75.7 Å². The van der Waals surface area contributed by atoms with Gasteiger partial charge in [0.1, 0.15) is 0 Å². The van der Waals surface area contributed by atoms with Crippen molar-refractivity contribution in [2.75, 3.05) is 0 Å². The first-order valence-corrected chi connectivity index (χ1v) is 18.8. The summed E-state index contributed by atoms with van der Waals surface area (Å²) >= 11 is 0. The van der Waals surface area contributed by atoms with Crippen LogP contribution >= 0.6 is 0 Å². The van der Waals surface area contributed by atoms with Gasteiger partial charge in [-0.1, -0.05) is 133 Å². The van der Waals surface area contributed by atoms with Crippen molar-refractivity contribution in [2.45, 2.75) is 0 Å². The molecular weight excluding hydrogens is 665 g/mol. The Morgan fingerprint density at radius 3 is 1.73 bits per heavy atom. The zero-order chi connectivity index (χ0) is 36.2. The second kappa shape index (κ2) is 11.3. The maximum atomic E-state index is 9.99. The van der Waals surface area contributed by atoms with Crippen LogP contribution in [0.4, 0.5) is 0 Å². The van der Waals surface area contributed by atoms with Gasteiger partial charge >= 0.3 is 0 Å². The smallest absolute Gasteiger partial charge is 0.0998 e. The Hall–Kier alpha value is -7.47. The summed E-state index contributed by atoms with van der Waals surface area (Å²) in [5, 5.41) is 24.7. The SMILES string of the molecule is N#Cc1ccc2c3c1ccc1cc(-c4cccc(-c5ccc6ccc7c(-c8ccc9ccccc9c8)ccc8ccc5c6c87)c4)cc(c13)n2-c1ccccc1. The predicted molar refractivity (Wildman–Crippen MR) is 232 cm³/mol. The number of hydrogen-bond acceptors (Lipinski definition) is 1. The number of aromatic nitrogens is 1. The van der Waals surface area contributed by atoms with E-state index in [2.05, 4.69) is 187 Å². The molecule has 2 nitrogen and oxygen atoms in total.